The van der Waals surface area contributed by atoms with E-state index in [1.165, 1.54) is 0 Å². The molecule has 0 bridgehead atoms. The number of nitrogens with zero attached hydrogens (tertiary/aromatic N) is 2. The van der Waals surface area contributed by atoms with Crippen molar-refractivity contribution in [3.05, 3.63) is 52.8 Å². The van der Waals surface area contributed by atoms with E-state index in [4.69, 9.17) is 0 Å². The predicted molar refractivity (Wildman–Crippen MR) is 85.9 cm³/mol. The van der Waals surface area contributed by atoms with Crippen LogP contribution in [0.4, 0.5) is 0 Å². The summed E-state index contributed by atoms with van der Waals surface area (Å²) in [5, 5.41) is 16.4. The van der Waals surface area contributed by atoms with Crippen molar-refractivity contribution in [1.82, 2.24) is 15.1 Å². The summed E-state index contributed by atoms with van der Waals surface area (Å²) in [6.07, 6.45) is 0.702. The topological polar surface area (TPSA) is 67.2 Å². The van der Waals surface area contributed by atoms with E-state index in [-0.39, 0.29) is 18.6 Å². The lowest BCUT2D eigenvalue weighted by Crippen LogP contribution is -2.36. The summed E-state index contributed by atoms with van der Waals surface area (Å²) in [7, 11) is 0. The second-order valence-electron chi connectivity index (χ2n) is 5.55. The van der Waals surface area contributed by atoms with Gasteiger partial charge in [0.05, 0.1) is 24.9 Å². The van der Waals surface area contributed by atoms with Crippen LogP contribution in [0.25, 0.3) is 0 Å². The summed E-state index contributed by atoms with van der Waals surface area (Å²) in [4.78, 5) is 12.2. The Morgan fingerprint density at radius 1 is 1.36 bits per heavy atom. The lowest BCUT2D eigenvalue weighted by atomic mass is 10.1. The number of rotatable bonds is 6. The lowest BCUT2D eigenvalue weighted by molar-refractivity contribution is 0.0915. The van der Waals surface area contributed by atoms with Gasteiger partial charge in [-0.2, -0.15) is 5.10 Å². The molecule has 0 aliphatic rings. The third-order valence-corrected chi connectivity index (χ3v) is 3.67. The van der Waals surface area contributed by atoms with Gasteiger partial charge in [0.2, 0.25) is 0 Å². The quantitative estimate of drug-likeness (QED) is 0.858. The number of hydrogen-bond donors (Lipinski definition) is 2. The maximum Gasteiger partial charge on any atom is 0.251 e. The van der Waals surface area contributed by atoms with Crippen molar-refractivity contribution < 1.29 is 9.90 Å². The van der Waals surface area contributed by atoms with E-state index in [0.29, 0.717) is 18.5 Å². The highest BCUT2D eigenvalue weighted by Crippen LogP contribution is 2.10. The standard InChI is InChI=1S/C17H23N3O2/c1-4-16(11-21)18-17(22)15-7-5-6-14(9-15)10-20-13(3)8-12(2)19-20/h5-9,16,21H,4,10-11H2,1-3H3,(H,18,22). The molecule has 1 unspecified atom stereocenters. The summed E-state index contributed by atoms with van der Waals surface area (Å²) in [6.45, 7) is 6.50. The van der Waals surface area contributed by atoms with Crippen LogP contribution in [0.5, 0.6) is 0 Å². The minimum atomic E-state index is -0.202. The molecule has 0 saturated carbocycles. The molecule has 0 radical (unpaired) electrons. The van der Waals surface area contributed by atoms with E-state index in [9.17, 15) is 9.90 Å². The highest BCUT2D eigenvalue weighted by molar-refractivity contribution is 5.94. The molecule has 5 heteroatoms. The number of amides is 1. The van der Waals surface area contributed by atoms with Crippen LogP contribution in [-0.2, 0) is 6.54 Å². The van der Waals surface area contributed by atoms with Gasteiger partial charge in [0.15, 0.2) is 0 Å². The van der Waals surface area contributed by atoms with Gasteiger partial charge in [-0.25, -0.2) is 0 Å². The Labute approximate surface area is 131 Å². The van der Waals surface area contributed by atoms with Crippen LogP contribution < -0.4 is 5.32 Å². The number of carbonyl (C=O) groups excluding carboxylic acids is 1. The van der Waals surface area contributed by atoms with Gasteiger partial charge in [0, 0.05) is 11.3 Å². The molecule has 0 fully saturated rings. The smallest absolute Gasteiger partial charge is 0.251 e. The molecular weight excluding hydrogens is 278 g/mol. The molecule has 1 aromatic carbocycles. The molecule has 0 aliphatic heterocycles. The van der Waals surface area contributed by atoms with Crippen LogP contribution in [0, 0.1) is 13.8 Å². The van der Waals surface area contributed by atoms with Crippen LogP contribution >= 0.6 is 0 Å². The van der Waals surface area contributed by atoms with Gasteiger partial charge in [0.25, 0.3) is 5.91 Å². The normalized spacial score (nSPS) is 12.2. The van der Waals surface area contributed by atoms with E-state index < -0.39 is 0 Å². The van der Waals surface area contributed by atoms with Gasteiger partial charge >= 0.3 is 0 Å². The largest absolute Gasteiger partial charge is 0.394 e. The molecule has 0 aliphatic carbocycles. The monoisotopic (exact) mass is 301 g/mol. The number of aliphatic hydroxyl groups excluding tert-OH is 1. The van der Waals surface area contributed by atoms with Crippen molar-refractivity contribution in [3.63, 3.8) is 0 Å². The minimum Gasteiger partial charge on any atom is -0.394 e. The predicted octanol–water partition coefficient (Wildman–Crippen LogP) is 2.05. The summed E-state index contributed by atoms with van der Waals surface area (Å²) in [5.74, 6) is -0.156. The molecule has 1 aromatic heterocycles. The molecular formula is C17H23N3O2. The summed E-state index contributed by atoms with van der Waals surface area (Å²) >= 11 is 0. The van der Waals surface area contributed by atoms with Crippen LogP contribution in [0.2, 0.25) is 0 Å². The van der Waals surface area contributed by atoms with Gasteiger partial charge < -0.3 is 10.4 Å². The van der Waals surface area contributed by atoms with E-state index in [0.717, 1.165) is 17.0 Å². The van der Waals surface area contributed by atoms with Crippen molar-refractivity contribution in [3.8, 4) is 0 Å². The van der Waals surface area contributed by atoms with Crippen LogP contribution in [0.15, 0.2) is 30.3 Å². The fraction of sp³-hybridized carbons (Fsp3) is 0.412. The van der Waals surface area contributed by atoms with E-state index in [1.54, 1.807) is 6.07 Å². The Bertz CT molecular complexity index is 645. The third kappa shape index (κ3) is 3.95. The SMILES string of the molecule is CCC(CO)NC(=O)c1cccc(Cn2nc(C)cc2C)c1. The van der Waals surface area contributed by atoms with Gasteiger partial charge in [-0.15, -0.1) is 0 Å². The number of benzene rings is 1. The number of aromatic nitrogens is 2. The second kappa shape index (κ2) is 7.22. The molecule has 1 atom stereocenters. The first-order chi connectivity index (χ1) is 10.5. The molecule has 2 N–H and O–H groups in total. The van der Waals surface area contributed by atoms with Crippen LogP contribution in [-0.4, -0.2) is 33.4 Å². The zero-order valence-electron chi connectivity index (χ0n) is 13.3. The first-order valence-corrected chi connectivity index (χ1v) is 7.55. The molecule has 0 spiro atoms. The van der Waals surface area contributed by atoms with E-state index in [2.05, 4.69) is 10.4 Å². The van der Waals surface area contributed by atoms with Gasteiger partial charge in [-0.3, -0.25) is 9.48 Å². The highest BCUT2D eigenvalue weighted by atomic mass is 16.3. The Kier molecular flexibility index (Phi) is 5.33. The molecule has 5 nitrogen and oxygen atoms in total. The Morgan fingerprint density at radius 3 is 2.73 bits per heavy atom. The maximum absolute atomic E-state index is 12.2. The average Bonchev–Trinajstić information content (AvgIpc) is 2.82. The first kappa shape index (κ1) is 16.2. The lowest BCUT2D eigenvalue weighted by Gasteiger charge is -2.14. The number of carbonyl (C=O) groups is 1. The van der Waals surface area contributed by atoms with Crippen LogP contribution in [0.1, 0.15) is 40.7 Å². The summed E-state index contributed by atoms with van der Waals surface area (Å²) in [6, 6.07) is 9.34. The van der Waals surface area contributed by atoms with Crippen molar-refractivity contribution >= 4 is 5.91 Å². The molecule has 22 heavy (non-hydrogen) atoms. The summed E-state index contributed by atoms with van der Waals surface area (Å²) in [5.41, 5.74) is 3.71. The molecule has 2 aromatic rings. The molecule has 0 saturated heterocycles. The number of hydrogen-bond acceptors (Lipinski definition) is 3. The van der Waals surface area contributed by atoms with Gasteiger partial charge in [0.1, 0.15) is 0 Å². The highest BCUT2D eigenvalue weighted by Gasteiger charge is 2.12. The van der Waals surface area contributed by atoms with Crippen LogP contribution in [0.3, 0.4) is 0 Å². The minimum absolute atomic E-state index is 0.0479. The molecule has 1 amide bonds. The fourth-order valence-electron chi connectivity index (χ4n) is 2.36. The summed E-state index contributed by atoms with van der Waals surface area (Å²) < 4.78 is 1.93. The molecule has 118 valence electrons. The van der Waals surface area contributed by atoms with Gasteiger partial charge in [-0.05, 0) is 44.0 Å². The number of aryl methyl sites for hydroxylation is 2. The van der Waals surface area contributed by atoms with E-state index >= 15 is 0 Å². The zero-order chi connectivity index (χ0) is 16.1. The molecule has 1 heterocycles. The number of aliphatic hydroxyl groups is 1. The Morgan fingerprint density at radius 2 is 2.14 bits per heavy atom. The third-order valence-electron chi connectivity index (χ3n) is 3.67. The van der Waals surface area contributed by atoms with Crippen molar-refractivity contribution in [2.24, 2.45) is 0 Å². The zero-order valence-corrected chi connectivity index (χ0v) is 13.3. The molecule has 2 rings (SSSR count). The van der Waals surface area contributed by atoms with E-state index in [1.807, 2.05) is 49.7 Å². The average molecular weight is 301 g/mol. The van der Waals surface area contributed by atoms with Crippen molar-refractivity contribution in [2.75, 3.05) is 6.61 Å². The number of nitrogens with one attached hydrogen (secondary N) is 1. The van der Waals surface area contributed by atoms with Crippen molar-refractivity contribution in [1.29, 1.82) is 0 Å². The second-order valence-corrected chi connectivity index (χ2v) is 5.55. The Balaban J connectivity index is 2.12. The first-order valence-electron chi connectivity index (χ1n) is 7.55. The Hall–Kier alpha value is -2.14. The van der Waals surface area contributed by atoms with Crippen molar-refractivity contribution in [2.45, 2.75) is 39.8 Å². The maximum atomic E-state index is 12.2. The fourth-order valence-corrected chi connectivity index (χ4v) is 2.36. The van der Waals surface area contributed by atoms with Gasteiger partial charge in [-0.1, -0.05) is 19.1 Å².